The average molecular weight is 331 g/mol. The Hall–Kier alpha value is -2.25. The third-order valence-corrected chi connectivity index (χ3v) is 4.57. The predicted molar refractivity (Wildman–Crippen MR) is 86.5 cm³/mol. The van der Waals surface area contributed by atoms with Crippen molar-refractivity contribution in [1.82, 2.24) is 14.7 Å². The van der Waals surface area contributed by atoms with Crippen molar-refractivity contribution < 1.29 is 19.5 Å². The van der Waals surface area contributed by atoms with Gasteiger partial charge in [0, 0.05) is 45.7 Å². The summed E-state index contributed by atoms with van der Waals surface area (Å²) in [6, 6.07) is 6.73. The first kappa shape index (κ1) is 16.6. The van der Waals surface area contributed by atoms with Crippen LogP contribution in [0.1, 0.15) is 27.1 Å². The quantitative estimate of drug-likeness (QED) is 0.757. The van der Waals surface area contributed by atoms with Gasteiger partial charge in [-0.25, -0.2) is 0 Å². The Labute approximate surface area is 140 Å². The van der Waals surface area contributed by atoms with Crippen molar-refractivity contribution in [1.29, 1.82) is 0 Å². The highest BCUT2D eigenvalue weighted by atomic mass is 16.3. The van der Waals surface area contributed by atoms with Gasteiger partial charge in [-0.1, -0.05) is 12.1 Å². The summed E-state index contributed by atoms with van der Waals surface area (Å²) >= 11 is 0. The molecule has 0 aliphatic carbocycles. The molecule has 3 rings (SSSR count). The van der Waals surface area contributed by atoms with Gasteiger partial charge in [-0.2, -0.15) is 0 Å². The van der Waals surface area contributed by atoms with E-state index in [0.717, 1.165) is 18.0 Å². The van der Waals surface area contributed by atoms with Gasteiger partial charge in [0.1, 0.15) is 0 Å². The second kappa shape index (κ2) is 7.11. The lowest BCUT2D eigenvalue weighted by Gasteiger charge is -2.34. The predicted octanol–water partition coefficient (Wildman–Crippen LogP) is -0.191. The second-order valence-corrected chi connectivity index (χ2v) is 6.00. The SMILES string of the molecule is O=C(CCN1C(=O)c2ccccc2C1=O)N1CCN(CCO)CC1. The smallest absolute Gasteiger partial charge is 0.261 e. The van der Waals surface area contributed by atoms with E-state index in [1.807, 2.05) is 0 Å². The van der Waals surface area contributed by atoms with Crippen LogP contribution in [0.25, 0.3) is 0 Å². The summed E-state index contributed by atoms with van der Waals surface area (Å²) in [6.45, 7) is 3.55. The number of benzene rings is 1. The molecule has 0 spiro atoms. The zero-order valence-corrected chi connectivity index (χ0v) is 13.5. The summed E-state index contributed by atoms with van der Waals surface area (Å²) in [5.41, 5.74) is 0.820. The van der Waals surface area contributed by atoms with Gasteiger partial charge in [0.2, 0.25) is 5.91 Å². The summed E-state index contributed by atoms with van der Waals surface area (Å²) in [6.07, 6.45) is 0.144. The number of hydrogen-bond acceptors (Lipinski definition) is 5. The molecule has 24 heavy (non-hydrogen) atoms. The summed E-state index contributed by atoms with van der Waals surface area (Å²) in [7, 11) is 0. The number of β-amino-alcohol motifs (C(OH)–C–C–N with tert-alkyl or cyclic N) is 1. The van der Waals surface area contributed by atoms with Crippen LogP contribution in [0.2, 0.25) is 0 Å². The molecule has 2 aliphatic rings. The van der Waals surface area contributed by atoms with Crippen LogP contribution in [0, 0.1) is 0 Å². The minimum Gasteiger partial charge on any atom is -0.395 e. The van der Waals surface area contributed by atoms with Crippen molar-refractivity contribution in [3.63, 3.8) is 0 Å². The first-order valence-corrected chi connectivity index (χ1v) is 8.18. The lowest BCUT2D eigenvalue weighted by molar-refractivity contribution is -0.133. The first-order chi connectivity index (χ1) is 11.6. The van der Waals surface area contributed by atoms with Crippen molar-refractivity contribution in [3.8, 4) is 0 Å². The molecule has 1 saturated heterocycles. The molecule has 1 N–H and O–H groups in total. The number of carbonyl (C=O) groups is 3. The highest BCUT2D eigenvalue weighted by Crippen LogP contribution is 2.22. The minimum atomic E-state index is -0.323. The Bertz CT molecular complexity index is 618. The van der Waals surface area contributed by atoms with Crippen LogP contribution in [0.3, 0.4) is 0 Å². The largest absolute Gasteiger partial charge is 0.395 e. The summed E-state index contributed by atoms with van der Waals surface area (Å²) in [4.78, 5) is 41.9. The molecular formula is C17H21N3O4. The Morgan fingerprint density at radius 3 is 2.08 bits per heavy atom. The monoisotopic (exact) mass is 331 g/mol. The van der Waals surface area contributed by atoms with Crippen LogP contribution in [0.15, 0.2) is 24.3 Å². The lowest BCUT2D eigenvalue weighted by atomic mass is 10.1. The van der Waals surface area contributed by atoms with Crippen LogP contribution in [0.4, 0.5) is 0 Å². The summed E-state index contributed by atoms with van der Waals surface area (Å²) in [5.74, 6) is -0.692. The molecule has 0 bridgehead atoms. The standard InChI is InChI=1S/C17H21N3O4/c21-12-11-18-7-9-19(10-8-18)15(22)5-6-20-16(23)13-3-1-2-4-14(13)17(20)24/h1-4,21H,5-12H2. The average Bonchev–Trinajstić information content (AvgIpc) is 2.85. The molecule has 3 amide bonds. The van der Waals surface area contributed by atoms with E-state index >= 15 is 0 Å². The van der Waals surface area contributed by atoms with E-state index in [1.165, 1.54) is 0 Å². The van der Waals surface area contributed by atoms with Crippen LogP contribution in [0.5, 0.6) is 0 Å². The Morgan fingerprint density at radius 2 is 1.54 bits per heavy atom. The fourth-order valence-electron chi connectivity index (χ4n) is 3.17. The fourth-order valence-corrected chi connectivity index (χ4v) is 3.17. The van der Waals surface area contributed by atoms with Gasteiger partial charge in [0.15, 0.2) is 0 Å². The van der Waals surface area contributed by atoms with Crippen molar-refractivity contribution in [2.24, 2.45) is 0 Å². The molecule has 2 heterocycles. The lowest BCUT2D eigenvalue weighted by Crippen LogP contribution is -2.49. The van der Waals surface area contributed by atoms with E-state index in [2.05, 4.69) is 4.90 Å². The molecule has 0 aromatic heterocycles. The van der Waals surface area contributed by atoms with E-state index in [1.54, 1.807) is 29.2 Å². The molecule has 2 aliphatic heterocycles. The van der Waals surface area contributed by atoms with Crippen LogP contribution in [-0.2, 0) is 4.79 Å². The molecular weight excluding hydrogens is 310 g/mol. The molecule has 0 saturated carbocycles. The van der Waals surface area contributed by atoms with Crippen LogP contribution >= 0.6 is 0 Å². The molecule has 0 atom stereocenters. The minimum absolute atomic E-state index is 0.0461. The maximum atomic E-state index is 12.3. The number of hydrogen-bond donors (Lipinski definition) is 1. The van der Waals surface area contributed by atoms with E-state index in [-0.39, 0.29) is 37.3 Å². The zero-order valence-electron chi connectivity index (χ0n) is 13.5. The van der Waals surface area contributed by atoms with Crippen molar-refractivity contribution in [3.05, 3.63) is 35.4 Å². The molecule has 7 heteroatoms. The maximum Gasteiger partial charge on any atom is 0.261 e. The highest BCUT2D eigenvalue weighted by molar-refractivity contribution is 6.21. The molecule has 0 radical (unpaired) electrons. The molecule has 1 aromatic rings. The Balaban J connectivity index is 1.53. The Morgan fingerprint density at radius 1 is 0.958 bits per heavy atom. The van der Waals surface area contributed by atoms with Gasteiger partial charge < -0.3 is 10.0 Å². The number of aliphatic hydroxyl groups excluding tert-OH is 1. The van der Waals surface area contributed by atoms with Gasteiger partial charge >= 0.3 is 0 Å². The normalized spacial score (nSPS) is 18.2. The van der Waals surface area contributed by atoms with E-state index in [0.29, 0.717) is 30.8 Å². The van der Waals surface area contributed by atoms with Gasteiger partial charge in [0.25, 0.3) is 11.8 Å². The van der Waals surface area contributed by atoms with E-state index in [4.69, 9.17) is 5.11 Å². The highest BCUT2D eigenvalue weighted by Gasteiger charge is 2.35. The molecule has 1 fully saturated rings. The van der Waals surface area contributed by atoms with Gasteiger partial charge in [-0.3, -0.25) is 24.2 Å². The van der Waals surface area contributed by atoms with E-state index in [9.17, 15) is 14.4 Å². The Kier molecular flexibility index (Phi) is 4.92. The number of aliphatic hydroxyl groups is 1. The fraction of sp³-hybridized carbons (Fsp3) is 0.471. The third-order valence-electron chi connectivity index (χ3n) is 4.57. The van der Waals surface area contributed by atoms with Crippen LogP contribution in [-0.4, -0.2) is 83.4 Å². The molecule has 7 nitrogen and oxygen atoms in total. The number of rotatable bonds is 5. The number of nitrogens with zero attached hydrogens (tertiary/aromatic N) is 3. The third kappa shape index (κ3) is 3.18. The van der Waals surface area contributed by atoms with Gasteiger partial charge in [0.05, 0.1) is 17.7 Å². The topological polar surface area (TPSA) is 81.2 Å². The van der Waals surface area contributed by atoms with E-state index < -0.39 is 0 Å². The number of carbonyl (C=O) groups excluding carboxylic acids is 3. The number of imide groups is 1. The molecule has 128 valence electrons. The van der Waals surface area contributed by atoms with Crippen molar-refractivity contribution >= 4 is 17.7 Å². The van der Waals surface area contributed by atoms with Crippen molar-refractivity contribution in [2.75, 3.05) is 45.9 Å². The molecule has 0 unspecified atom stereocenters. The summed E-state index contributed by atoms with van der Waals surface area (Å²) in [5, 5.41) is 8.93. The number of piperazine rings is 1. The van der Waals surface area contributed by atoms with Gasteiger partial charge in [-0.05, 0) is 12.1 Å². The zero-order chi connectivity index (χ0) is 17.1. The summed E-state index contributed by atoms with van der Waals surface area (Å²) < 4.78 is 0. The van der Waals surface area contributed by atoms with Crippen molar-refractivity contribution in [2.45, 2.75) is 6.42 Å². The molecule has 1 aromatic carbocycles. The number of amides is 3. The second-order valence-electron chi connectivity index (χ2n) is 6.00. The van der Waals surface area contributed by atoms with Gasteiger partial charge in [-0.15, -0.1) is 0 Å². The maximum absolute atomic E-state index is 12.3. The number of fused-ring (bicyclic) bond motifs is 1. The van der Waals surface area contributed by atoms with Crippen LogP contribution < -0.4 is 0 Å². The first-order valence-electron chi connectivity index (χ1n) is 8.18.